The molecule has 5 heteroatoms. The van der Waals surface area contributed by atoms with Crippen molar-refractivity contribution in [2.24, 2.45) is 11.3 Å². The van der Waals surface area contributed by atoms with Crippen LogP contribution in [-0.4, -0.2) is 27.3 Å². The fourth-order valence-corrected chi connectivity index (χ4v) is 3.41. The van der Waals surface area contributed by atoms with Gasteiger partial charge < -0.3 is 4.74 Å². The van der Waals surface area contributed by atoms with E-state index in [-0.39, 0.29) is 23.3 Å². The Morgan fingerprint density at radius 2 is 1.86 bits per heavy atom. The Morgan fingerprint density at radius 3 is 2.43 bits per heavy atom. The molecule has 0 aliphatic heterocycles. The molecule has 1 aromatic heterocycles. The minimum absolute atomic E-state index is 0.0378. The van der Waals surface area contributed by atoms with Gasteiger partial charge >= 0.3 is 6.01 Å². The van der Waals surface area contributed by atoms with Gasteiger partial charge in [-0.3, -0.25) is 4.79 Å². The number of hydrogen-bond acceptors (Lipinski definition) is 4. The molecule has 1 unspecified atom stereocenters. The third kappa shape index (κ3) is 6.47. The molecule has 0 aliphatic rings. The summed E-state index contributed by atoms with van der Waals surface area (Å²) in [4.78, 5) is 17.5. The van der Waals surface area contributed by atoms with Gasteiger partial charge in [-0.1, -0.05) is 72.2 Å². The van der Waals surface area contributed by atoms with Crippen molar-refractivity contribution in [2.45, 2.75) is 73.6 Å². The molecule has 0 bridgehead atoms. The van der Waals surface area contributed by atoms with Gasteiger partial charge in [0.15, 0.2) is 5.82 Å². The molecule has 1 aromatic carbocycles. The lowest BCUT2D eigenvalue weighted by Gasteiger charge is -2.22. The fraction of sp³-hybridized carbons (Fsp3) is 0.609. The van der Waals surface area contributed by atoms with Crippen LogP contribution in [0.5, 0.6) is 6.01 Å². The van der Waals surface area contributed by atoms with Gasteiger partial charge in [0.05, 0.1) is 6.61 Å². The Hall–Kier alpha value is -2.17. The zero-order valence-electron chi connectivity index (χ0n) is 18.3. The number of nitrogens with zero attached hydrogens (tertiary/aromatic N) is 3. The second-order valence-corrected chi connectivity index (χ2v) is 8.85. The lowest BCUT2D eigenvalue weighted by Crippen LogP contribution is -2.20. The van der Waals surface area contributed by atoms with Crippen molar-refractivity contribution in [2.75, 3.05) is 6.61 Å². The van der Waals surface area contributed by atoms with Crippen LogP contribution in [0.25, 0.3) is 11.4 Å². The monoisotopic (exact) mass is 385 g/mol. The van der Waals surface area contributed by atoms with Gasteiger partial charge in [0.25, 0.3) is 0 Å². The first kappa shape index (κ1) is 22.1. The van der Waals surface area contributed by atoms with Crippen LogP contribution in [-0.2, 0) is 6.42 Å². The second kappa shape index (κ2) is 9.85. The predicted octanol–water partition coefficient (Wildman–Crippen LogP) is 5.79. The summed E-state index contributed by atoms with van der Waals surface area (Å²) in [7, 11) is 0. The van der Waals surface area contributed by atoms with E-state index in [9.17, 15) is 4.79 Å². The van der Waals surface area contributed by atoms with E-state index in [2.05, 4.69) is 63.8 Å². The Morgan fingerprint density at radius 1 is 1.18 bits per heavy atom. The Kier molecular flexibility index (Phi) is 7.78. The van der Waals surface area contributed by atoms with Crippen molar-refractivity contribution >= 4 is 5.91 Å². The quantitative estimate of drug-likeness (QED) is 0.513. The smallest absolute Gasteiger partial charge is 0.336 e. The standard InChI is InChI=1S/C23H35N3O2/c1-7-9-14-28-22-24-21(19-12-10-18(8-2)11-13-19)26(25-22)20(27)15-17(3)16-23(4,5)6/h10-13,17H,7-9,14-16H2,1-6H3. The summed E-state index contributed by atoms with van der Waals surface area (Å²) >= 11 is 0. The van der Waals surface area contributed by atoms with E-state index in [1.165, 1.54) is 10.2 Å². The highest BCUT2D eigenvalue weighted by Gasteiger charge is 2.23. The maximum Gasteiger partial charge on any atom is 0.336 e. The van der Waals surface area contributed by atoms with Crippen LogP contribution >= 0.6 is 0 Å². The lowest BCUT2D eigenvalue weighted by atomic mass is 9.84. The summed E-state index contributed by atoms with van der Waals surface area (Å²) in [5.41, 5.74) is 2.32. The third-order valence-corrected chi connectivity index (χ3v) is 4.66. The van der Waals surface area contributed by atoms with E-state index in [1.807, 2.05) is 12.1 Å². The van der Waals surface area contributed by atoms with Gasteiger partial charge in [0, 0.05) is 12.0 Å². The van der Waals surface area contributed by atoms with Crippen LogP contribution < -0.4 is 4.74 Å². The van der Waals surface area contributed by atoms with Gasteiger partial charge in [0.1, 0.15) is 0 Å². The Balaban J connectivity index is 2.27. The normalized spacial score (nSPS) is 12.8. The molecule has 2 rings (SSSR count). The minimum atomic E-state index is -0.0378. The van der Waals surface area contributed by atoms with E-state index in [0.29, 0.717) is 18.9 Å². The number of aryl methyl sites for hydroxylation is 1. The van der Waals surface area contributed by atoms with Crippen molar-refractivity contribution in [1.82, 2.24) is 14.8 Å². The van der Waals surface area contributed by atoms with Crippen LogP contribution in [0.15, 0.2) is 24.3 Å². The van der Waals surface area contributed by atoms with Crippen molar-refractivity contribution in [3.8, 4) is 17.4 Å². The van der Waals surface area contributed by atoms with Gasteiger partial charge in [-0.25, -0.2) is 0 Å². The summed E-state index contributed by atoms with van der Waals surface area (Å²) in [6.07, 6.45) is 4.37. The zero-order valence-corrected chi connectivity index (χ0v) is 18.3. The molecule has 0 radical (unpaired) electrons. The lowest BCUT2D eigenvalue weighted by molar-refractivity contribution is 0.0856. The maximum absolute atomic E-state index is 13.0. The first-order valence-corrected chi connectivity index (χ1v) is 10.5. The molecule has 0 spiro atoms. The molecule has 0 aliphatic carbocycles. The number of hydrogen-bond donors (Lipinski definition) is 0. The molecule has 1 heterocycles. The number of aromatic nitrogens is 3. The minimum Gasteiger partial charge on any atom is -0.462 e. The summed E-state index contributed by atoms with van der Waals surface area (Å²) in [5.74, 6) is 0.794. The van der Waals surface area contributed by atoms with E-state index in [0.717, 1.165) is 31.2 Å². The number of ether oxygens (including phenoxy) is 1. The van der Waals surface area contributed by atoms with Crippen LogP contribution in [0.2, 0.25) is 0 Å². The van der Waals surface area contributed by atoms with Crippen LogP contribution in [0.4, 0.5) is 0 Å². The molecule has 0 amide bonds. The Bertz CT molecular complexity index is 757. The van der Waals surface area contributed by atoms with Gasteiger partial charge in [0.2, 0.25) is 5.91 Å². The molecular weight excluding hydrogens is 350 g/mol. The van der Waals surface area contributed by atoms with Crippen molar-refractivity contribution in [3.05, 3.63) is 29.8 Å². The first-order chi connectivity index (χ1) is 13.2. The topological polar surface area (TPSA) is 57.0 Å². The Labute approximate surface area is 169 Å². The highest BCUT2D eigenvalue weighted by Crippen LogP contribution is 2.27. The van der Waals surface area contributed by atoms with Crippen LogP contribution in [0.1, 0.15) is 77.6 Å². The van der Waals surface area contributed by atoms with Gasteiger partial charge in [-0.05, 0) is 36.2 Å². The number of rotatable bonds is 9. The highest BCUT2D eigenvalue weighted by molar-refractivity contribution is 5.82. The van der Waals surface area contributed by atoms with Crippen LogP contribution in [0.3, 0.4) is 0 Å². The summed E-state index contributed by atoms with van der Waals surface area (Å²) in [5, 5.41) is 4.38. The largest absolute Gasteiger partial charge is 0.462 e. The van der Waals surface area contributed by atoms with E-state index < -0.39 is 0 Å². The fourth-order valence-electron chi connectivity index (χ4n) is 3.41. The maximum atomic E-state index is 13.0. The highest BCUT2D eigenvalue weighted by atomic mass is 16.5. The molecule has 154 valence electrons. The molecule has 0 fully saturated rings. The molecule has 28 heavy (non-hydrogen) atoms. The molecule has 0 N–H and O–H groups in total. The second-order valence-electron chi connectivity index (χ2n) is 8.85. The molecular formula is C23H35N3O2. The van der Waals surface area contributed by atoms with Gasteiger partial charge in [-0.2, -0.15) is 9.67 Å². The number of carbonyl (C=O) groups is 1. The predicted molar refractivity (Wildman–Crippen MR) is 114 cm³/mol. The SMILES string of the molecule is CCCCOc1nc(-c2ccc(CC)cc2)n(C(=O)CC(C)CC(C)(C)C)n1. The first-order valence-electron chi connectivity index (χ1n) is 10.5. The van der Waals surface area contributed by atoms with E-state index >= 15 is 0 Å². The molecule has 0 saturated carbocycles. The van der Waals surface area contributed by atoms with Crippen LogP contribution in [0, 0.1) is 11.3 Å². The zero-order chi connectivity index (χ0) is 20.7. The molecule has 2 aromatic rings. The average molecular weight is 386 g/mol. The summed E-state index contributed by atoms with van der Waals surface area (Å²) in [6, 6.07) is 8.42. The van der Waals surface area contributed by atoms with E-state index in [4.69, 9.17) is 4.74 Å². The summed E-state index contributed by atoms with van der Waals surface area (Å²) < 4.78 is 7.11. The van der Waals surface area contributed by atoms with Crippen molar-refractivity contribution < 1.29 is 9.53 Å². The average Bonchev–Trinajstić information content (AvgIpc) is 3.04. The molecule has 5 nitrogen and oxygen atoms in total. The summed E-state index contributed by atoms with van der Waals surface area (Å²) in [6.45, 7) is 13.5. The van der Waals surface area contributed by atoms with Crippen molar-refractivity contribution in [3.63, 3.8) is 0 Å². The van der Waals surface area contributed by atoms with E-state index in [1.54, 1.807) is 0 Å². The van der Waals surface area contributed by atoms with Crippen molar-refractivity contribution in [1.29, 1.82) is 0 Å². The number of benzene rings is 1. The molecule has 0 saturated heterocycles. The molecule has 1 atom stereocenters. The number of unbranched alkanes of at least 4 members (excludes halogenated alkanes) is 1. The third-order valence-electron chi connectivity index (χ3n) is 4.66. The van der Waals surface area contributed by atoms with Gasteiger partial charge in [-0.15, -0.1) is 5.10 Å². The number of carbonyl (C=O) groups excluding carboxylic acids is 1.